The molecule has 0 atom stereocenters. The van der Waals surface area contributed by atoms with Crippen molar-refractivity contribution in [2.75, 3.05) is 10.6 Å². The van der Waals surface area contributed by atoms with Gasteiger partial charge in [0.15, 0.2) is 0 Å². The van der Waals surface area contributed by atoms with E-state index in [0.717, 1.165) is 0 Å². The van der Waals surface area contributed by atoms with Crippen molar-refractivity contribution in [3.8, 4) is 6.07 Å². The molecule has 122 valence electrons. The topological polar surface area (TPSA) is 90.7 Å². The number of halogens is 1. The van der Waals surface area contributed by atoms with E-state index in [4.69, 9.17) is 5.26 Å². The minimum atomic E-state index is -0.441. The van der Waals surface area contributed by atoms with Gasteiger partial charge in [-0.25, -0.2) is 14.4 Å². The Balaban J connectivity index is 1.69. The van der Waals surface area contributed by atoms with Gasteiger partial charge < -0.3 is 10.6 Å². The minimum absolute atomic E-state index is 0.237. The van der Waals surface area contributed by atoms with Gasteiger partial charge in [-0.3, -0.25) is 4.79 Å². The molecular formula is C18H12FN5O. The molecule has 0 fully saturated rings. The van der Waals surface area contributed by atoms with Crippen molar-refractivity contribution in [3.05, 3.63) is 77.9 Å². The van der Waals surface area contributed by atoms with Gasteiger partial charge in [0.1, 0.15) is 5.82 Å². The highest BCUT2D eigenvalue weighted by molar-refractivity contribution is 6.03. The lowest BCUT2D eigenvalue weighted by Crippen LogP contribution is -2.13. The zero-order valence-corrected chi connectivity index (χ0v) is 12.9. The summed E-state index contributed by atoms with van der Waals surface area (Å²) in [6.07, 6.45) is 2.72. The molecule has 0 aliphatic heterocycles. The number of carbonyl (C=O) groups is 1. The largest absolute Gasteiger partial charge is 0.324 e. The van der Waals surface area contributed by atoms with Crippen LogP contribution in [0.3, 0.4) is 0 Å². The average Bonchev–Trinajstić information content (AvgIpc) is 2.62. The summed E-state index contributed by atoms with van der Waals surface area (Å²) in [4.78, 5) is 20.2. The lowest BCUT2D eigenvalue weighted by Gasteiger charge is -2.07. The van der Waals surface area contributed by atoms with E-state index in [9.17, 15) is 9.18 Å². The van der Waals surface area contributed by atoms with E-state index >= 15 is 0 Å². The van der Waals surface area contributed by atoms with Crippen LogP contribution in [0.15, 0.2) is 60.9 Å². The van der Waals surface area contributed by atoms with E-state index in [1.165, 1.54) is 30.6 Å². The summed E-state index contributed by atoms with van der Waals surface area (Å²) >= 11 is 0. The molecule has 3 aromatic rings. The van der Waals surface area contributed by atoms with Gasteiger partial charge in [-0.15, -0.1) is 0 Å². The molecule has 6 nitrogen and oxygen atoms in total. The summed E-state index contributed by atoms with van der Waals surface area (Å²) in [6, 6.07) is 14.5. The average molecular weight is 333 g/mol. The molecule has 3 rings (SSSR count). The van der Waals surface area contributed by atoms with Gasteiger partial charge >= 0.3 is 0 Å². The fourth-order valence-electron chi connectivity index (χ4n) is 2.07. The molecule has 2 N–H and O–H groups in total. The number of hydrogen-bond acceptors (Lipinski definition) is 5. The predicted molar refractivity (Wildman–Crippen MR) is 90.8 cm³/mol. The summed E-state index contributed by atoms with van der Waals surface area (Å²) in [6.45, 7) is 0. The van der Waals surface area contributed by atoms with Crippen LogP contribution in [0.25, 0.3) is 0 Å². The van der Waals surface area contributed by atoms with Gasteiger partial charge in [-0.2, -0.15) is 5.26 Å². The first-order chi connectivity index (χ1) is 12.1. The van der Waals surface area contributed by atoms with Crippen LogP contribution >= 0.6 is 0 Å². The fraction of sp³-hybridized carbons (Fsp3) is 0. The molecule has 0 aliphatic carbocycles. The molecular weight excluding hydrogens is 321 g/mol. The van der Waals surface area contributed by atoms with Crippen molar-refractivity contribution in [2.24, 2.45) is 0 Å². The lowest BCUT2D eigenvalue weighted by atomic mass is 10.2. The molecule has 0 saturated heterocycles. The molecule has 0 bridgehead atoms. The number of carbonyl (C=O) groups excluding carboxylic acids is 1. The summed E-state index contributed by atoms with van der Waals surface area (Å²) < 4.78 is 13.1. The Kier molecular flexibility index (Phi) is 4.62. The third-order valence-electron chi connectivity index (χ3n) is 3.24. The molecule has 0 unspecified atom stereocenters. The minimum Gasteiger partial charge on any atom is -0.324 e. The number of rotatable bonds is 4. The van der Waals surface area contributed by atoms with Crippen LogP contribution < -0.4 is 10.6 Å². The number of anilines is 3. The second-order valence-corrected chi connectivity index (χ2v) is 5.08. The van der Waals surface area contributed by atoms with E-state index < -0.39 is 11.7 Å². The standard InChI is InChI=1S/C18H12FN5O/c19-14-4-2-6-16(8-14)23-17(25)13-10-21-18(22-11-13)24-15-5-1-3-12(7-15)9-20/h1-8,10-11H,(H,23,25)(H,21,22,24). The van der Waals surface area contributed by atoms with Crippen LogP contribution in [0, 0.1) is 17.1 Å². The zero-order valence-electron chi connectivity index (χ0n) is 12.9. The molecule has 0 saturated carbocycles. The van der Waals surface area contributed by atoms with Crippen LogP contribution in [0.4, 0.5) is 21.7 Å². The summed E-state index contributed by atoms with van der Waals surface area (Å²) in [7, 11) is 0. The van der Waals surface area contributed by atoms with E-state index in [1.807, 2.05) is 6.07 Å². The first-order valence-corrected chi connectivity index (χ1v) is 7.30. The first kappa shape index (κ1) is 16.1. The third-order valence-corrected chi connectivity index (χ3v) is 3.24. The van der Waals surface area contributed by atoms with Gasteiger partial charge in [-0.05, 0) is 36.4 Å². The van der Waals surface area contributed by atoms with Crippen LogP contribution in [-0.2, 0) is 0 Å². The molecule has 2 aromatic carbocycles. The number of nitrogens with one attached hydrogen (secondary N) is 2. The monoisotopic (exact) mass is 333 g/mol. The number of amides is 1. The zero-order chi connectivity index (χ0) is 17.6. The highest BCUT2D eigenvalue weighted by Crippen LogP contribution is 2.15. The van der Waals surface area contributed by atoms with E-state index in [2.05, 4.69) is 20.6 Å². The van der Waals surface area contributed by atoms with E-state index in [0.29, 0.717) is 16.9 Å². The van der Waals surface area contributed by atoms with Crippen LogP contribution in [0.1, 0.15) is 15.9 Å². The van der Waals surface area contributed by atoms with Crippen molar-refractivity contribution in [1.82, 2.24) is 9.97 Å². The molecule has 0 spiro atoms. The SMILES string of the molecule is N#Cc1cccc(Nc2ncc(C(=O)Nc3cccc(F)c3)cn2)c1. The van der Waals surface area contributed by atoms with Crippen LogP contribution in [0.5, 0.6) is 0 Å². The molecule has 0 aliphatic rings. The second kappa shape index (κ2) is 7.19. The molecule has 7 heteroatoms. The predicted octanol–water partition coefficient (Wildman–Crippen LogP) is 3.48. The van der Waals surface area contributed by atoms with Crippen molar-refractivity contribution < 1.29 is 9.18 Å². The van der Waals surface area contributed by atoms with Crippen molar-refractivity contribution in [1.29, 1.82) is 5.26 Å². The number of nitrogens with zero attached hydrogens (tertiary/aromatic N) is 3. The number of aromatic nitrogens is 2. The second-order valence-electron chi connectivity index (χ2n) is 5.08. The Hall–Kier alpha value is -3.79. The third kappa shape index (κ3) is 4.14. The fourth-order valence-corrected chi connectivity index (χ4v) is 2.07. The Morgan fingerprint density at radius 3 is 2.48 bits per heavy atom. The maximum atomic E-state index is 13.1. The number of nitriles is 1. The quantitative estimate of drug-likeness (QED) is 0.763. The Bertz CT molecular complexity index is 950. The van der Waals surface area contributed by atoms with Crippen molar-refractivity contribution in [3.63, 3.8) is 0 Å². The maximum absolute atomic E-state index is 13.1. The summed E-state index contributed by atoms with van der Waals surface area (Å²) in [5, 5.41) is 14.4. The van der Waals surface area contributed by atoms with E-state index in [1.54, 1.807) is 30.3 Å². The normalized spacial score (nSPS) is 9.92. The Morgan fingerprint density at radius 1 is 1.04 bits per heavy atom. The number of hydrogen-bond donors (Lipinski definition) is 2. The molecule has 1 amide bonds. The molecule has 1 heterocycles. The molecule has 25 heavy (non-hydrogen) atoms. The lowest BCUT2D eigenvalue weighted by molar-refractivity contribution is 0.102. The Morgan fingerprint density at radius 2 is 1.76 bits per heavy atom. The highest BCUT2D eigenvalue weighted by Gasteiger charge is 2.08. The summed E-state index contributed by atoms with van der Waals surface area (Å²) in [5.41, 5.74) is 1.76. The van der Waals surface area contributed by atoms with E-state index in [-0.39, 0.29) is 11.5 Å². The van der Waals surface area contributed by atoms with Gasteiger partial charge in [-0.1, -0.05) is 12.1 Å². The smallest absolute Gasteiger partial charge is 0.258 e. The van der Waals surface area contributed by atoms with Crippen molar-refractivity contribution >= 4 is 23.2 Å². The number of benzene rings is 2. The van der Waals surface area contributed by atoms with Crippen LogP contribution in [-0.4, -0.2) is 15.9 Å². The summed E-state index contributed by atoms with van der Waals surface area (Å²) in [5.74, 6) is -0.589. The van der Waals surface area contributed by atoms with Crippen molar-refractivity contribution in [2.45, 2.75) is 0 Å². The first-order valence-electron chi connectivity index (χ1n) is 7.30. The Labute approximate surface area is 143 Å². The van der Waals surface area contributed by atoms with Gasteiger partial charge in [0, 0.05) is 23.8 Å². The van der Waals surface area contributed by atoms with Gasteiger partial charge in [0.25, 0.3) is 5.91 Å². The highest BCUT2D eigenvalue weighted by atomic mass is 19.1. The molecule has 0 radical (unpaired) electrons. The molecule has 1 aromatic heterocycles. The van der Waals surface area contributed by atoms with Gasteiger partial charge in [0.05, 0.1) is 17.2 Å². The van der Waals surface area contributed by atoms with Crippen LogP contribution in [0.2, 0.25) is 0 Å². The van der Waals surface area contributed by atoms with Gasteiger partial charge in [0.2, 0.25) is 5.95 Å². The maximum Gasteiger partial charge on any atom is 0.258 e.